The van der Waals surface area contributed by atoms with Gasteiger partial charge in [0.15, 0.2) is 11.5 Å². The SMILES string of the molecule is CCC(=O)c1cc(N2CCCC2=O)c2cc(Cc3ccc(F)cc3)cnc2c1O. The normalized spacial score (nSPS) is 14.0. The maximum absolute atomic E-state index is 13.2. The fraction of sp³-hybridized carbons (Fsp3) is 0.261. The first-order valence-electron chi connectivity index (χ1n) is 9.70. The van der Waals surface area contributed by atoms with E-state index in [1.54, 1.807) is 36.2 Å². The highest BCUT2D eigenvalue weighted by molar-refractivity contribution is 6.11. The second kappa shape index (κ2) is 7.62. The quantitative estimate of drug-likeness (QED) is 0.654. The number of aromatic hydroxyl groups is 1. The van der Waals surface area contributed by atoms with E-state index in [9.17, 15) is 19.1 Å². The van der Waals surface area contributed by atoms with Crippen LogP contribution in [0, 0.1) is 5.82 Å². The number of benzene rings is 2. The number of phenolic OH excluding ortho intramolecular Hbond substituents is 1. The van der Waals surface area contributed by atoms with E-state index in [1.807, 2.05) is 6.07 Å². The van der Waals surface area contributed by atoms with Crippen molar-refractivity contribution in [3.63, 3.8) is 0 Å². The second-order valence-electron chi connectivity index (χ2n) is 7.26. The molecule has 2 heterocycles. The van der Waals surface area contributed by atoms with E-state index in [2.05, 4.69) is 4.98 Å². The van der Waals surface area contributed by atoms with Gasteiger partial charge < -0.3 is 10.0 Å². The second-order valence-corrected chi connectivity index (χ2v) is 7.26. The smallest absolute Gasteiger partial charge is 0.227 e. The van der Waals surface area contributed by atoms with Gasteiger partial charge in [0, 0.05) is 31.0 Å². The molecule has 4 rings (SSSR count). The number of halogens is 1. The molecule has 0 aliphatic carbocycles. The number of carbonyl (C=O) groups excluding carboxylic acids is 2. The average Bonchev–Trinajstić information content (AvgIpc) is 3.15. The minimum atomic E-state index is -0.293. The first kappa shape index (κ1) is 19.1. The molecule has 2 aromatic carbocycles. The number of hydrogen-bond acceptors (Lipinski definition) is 4. The number of Topliss-reactive ketones (excluding diaryl/α,β-unsaturated/α-hetero) is 1. The van der Waals surface area contributed by atoms with Gasteiger partial charge in [-0.2, -0.15) is 0 Å². The van der Waals surface area contributed by atoms with Gasteiger partial charge in [-0.05, 0) is 48.2 Å². The van der Waals surface area contributed by atoms with Crippen LogP contribution in [0.3, 0.4) is 0 Å². The molecule has 0 spiro atoms. The molecule has 0 bridgehead atoms. The van der Waals surface area contributed by atoms with Crippen LogP contribution in [0.25, 0.3) is 10.9 Å². The molecule has 5 nitrogen and oxygen atoms in total. The van der Waals surface area contributed by atoms with Crippen LogP contribution in [-0.2, 0) is 11.2 Å². The van der Waals surface area contributed by atoms with E-state index >= 15 is 0 Å². The van der Waals surface area contributed by atoms with Crippen molar-refractivity contribution in [1.29, 1.82) is 0 Å². The number of fused-ring (bicyclic) bond motifs is 1. The minimum absolute atomic E-state index is 0.00387. The number of phenols is 1. The van der Waals surface area contributed by atoms with Crippen molar-refractivity contribution in [2.24, 2.45) is 0 Å². The molecule has 148 valence electrons. The molecule has 1 fully saturated rings. The molecule has 1 aliphatic rings. The number of ketones is 1. The van der Waals surface area contributed by atoms with Gasteiger partial charge in [-0.15, -0.1) is 0 Å². The maximum atomic E-state index is 13.2. The highest BCUT2D eigenvalue weighted by Crippen LogP contribution is 2.38. The lowest BCUT2D eigenvalue weighted by Gasteiger charge is -2.20. The van der Waals surface area contributed by atoms with Gasteiger partial charge >= 0.3 is 0 Å². The number of aromatic nitrogens is 1. The van der Waals surface area contributed by atoms with E-state index in [0.717, 1.165) is 17.5 Å². The van der Waals surface area contributed by atoms with Gasteiger partial charge in [0.25, 0.3) is 0 Å². The molecule has 29 heavy (non-hydrogen) atoms. The Morgan fingerprint density at radius 2 is 1.97 bits per heavy atom. The zero-order valence-corrected chi connectivity index (χ0v) is 16.1. The lowest BCUT2D eigenvalue weighted by molar-refractivity contribution is -0.117. The molecule has 0 unspecified atom stereocenters. The summed E-state index contributed by atoms with van der Waals surface area (Å²) < 4.78 is 13.2. The molecule has 0 atom stereocenters. The lowest BCUT2D eigenvalue weighted by Crippen LogP contribution is -2.24. The molecule has 6 heteroatoms. The molecular weight excluding hydrogens is 371 g/mol. The minimum Gasteiger partial charge on any atom is -0.505 e. The number of nitrogens with zero attached hydrogens (tertiary/aromatic N) is 2. The Kier molecular flexibility index (Phi) is 5.01. The summed E-state index contributed by atoms with van der Waals surface area (Å²) in [5.41, 5.74) is 2.89. The fourth-order valence-corrected chi connectivity index (χ4v) is 3.77. The van der Waals surface area contributed by atoms with Crippen molar-refractivity contribution >= 4 is 28.3 Å². The standard InChI is InChI=1S/C23H21FN2O3/c1-2-20(27)18-12-19(26-9-3-4-21(26)28)17-11-15(13-25-22(17)23(18)29)10-14-5-7-16(24)8-6-14/h5-8,11-13,29H,2-4,9-10H2,1H3. The first-order chi connectivity index (χ1) is 14.0. The van der Waals surface area contributed by atoms with Crippen LogP contribution < -0.4 is 4.90 Å². The highest BCUT2D eigenvalue weighted by Gasteiger charge is 2.27. The number of anilines is 1. The first-order valence-corrected chi connectivity index (χ1v) is 9.70. The summed E-state index contributed by atoms with van der Waals surface area (Å²) in [6, 6.07) is 9.73. The van der Waals surface area contributed by atoms with Gasteiger partial charge in [-0.25, -0.2) is 4.39 Å². The summed E-state index contributed by atoms with van der Waals surface area (Å²) in [6.45, 7) is 2.30. The number of carbonyl (C=O) groups is 2. The fourth-order valence-electron chi connectivity index (χ4n) is 3.77. The van der Waals surface area contributed by atoms with E-state index in [-0.39, 0.29) is 35.2 Å². The van der Waals surface area contributed by atoms with Crippen LogP contribution in [0.15, 0.2) is 42.6 Å². The summed E-state index contributed by atoms with van der Waals surface area (Å²) in [5, 5.41) is 11.3. The van der Waals surface area contributed by atoms with Gasteiger partial charge in [-0.3, -0.25) is 14.6 Å². The van der Waals surface area contributed by atoms with E-state index < -0.39 is 0 Å². The van der Waals surface area contributed by atoms with E-state index in [0.29, 0.717) is 36.0 Å². The predicted octanol–water partition coefficient (Wildman–Crippen LogP) is 4.39. The van der Waals surface area contributed by atoms with Crippen molar-refractivity contribution in [2.75, 3.05) is 11.4 Å². The van der Waals surface area contributed by atoms with Crippen LogP contribution >= 0.6 is 0 Å². The molecule has 3 aromatic rings. The van der Waals surface area contributed by atoms with Gasteiger partial charge in [-0.1, -0.05) is 19.1 Å². The van der Waals surface area contributed by atoms with E-state index in [4.69, 9.17) is 0 Å². The third-order valence-electron chi connectivity index (χ3n) is 5.29. The third-order valence-corrected chi connectivity index (χ3v) is 5.29. The Hall–Kier alpha value is -3.28. The van der Waals surface area contributed by atoms with Crippen LogP contribution in [0.5, 0.6) is 5.75 Å². The molecule has 0 radical (unpaired) electrons. The zero-order chi connectivity index (χ0) is 20.5. The number of pyridine rings is 1. The number of hydrogen-bond donors (Lipinski definition) is 1. The Balaban J connectivity index is 1.86. The summed E-state index contributed by atoms with van der Waals surface area (Å²) in [5.74, 6) is -0.654. The number of rotatable bonds is 5. The molecule has 1 amide bonds. The third kappa shape index (κ3) is 3.58. The van der Waals surface area contributed by atoms with Crippen LogP contribution in [0.2, 0.25) is 0 Å². The van der Waals surface area contributed by atoms with Crippen LogP contribution in [-0.4, -0.2) is 28.3 Å². The van der Waals surface area contributed by atoms with Crippen LogP contribution in [0.1, 0.15) is 47.7 Å². The summed E-state index contributed by atoms with van der Waals surface area (Å²) in [4.78, 5) is 30.8. The molecule has 1 saturated heterocycles. The molecule has 1 aromatic heterocycles. The maximum Gasteiger partial charge on any atom is 0.227 e. The predicted molar refractivity (Wildman–Crippen MR) is 109 cm³/mol. The van der Waals surface area contributed by atoms with Gasteiger partial charge in [0.1, 0.15) is 11.3 Å². The molecule has 1 N–H and O–H groups in total. The van der Waals surface area contributed by atoms with Crippen molar-refractivity contribution < 1.29 is 19.1 Å². The monoisotopic (exact) mass is 392 g/mol. The Morgan fingerprint density at radius 1 is 1.21 bits per heavy atom. The summed E-state index contributed by atoms with van der Waals surface area (Å²) in [6.07, 6.45) is 3.63. The average molecular weight is 392 g/mol. The zero-order valence-electron chi connectivity index (χ0n) is 16.1. The van der Waals surface area contributed by atoms with Crippen LogP contribution in [0.4, 0.5) is 10.1 Å². The highest BCUT2D eigenvalue weighted by atomic mass is 19.1. The lowest BCUT2D eigenvalue weighted by atomic mass is 9.99. The van der Waals surface area contributed by atoms with Crippen molar-refractivity contribution in [1.82, 2.24) is 4.98 Å². The largest absolute Gasteiger partial charge is 0.505 e. The molecule has 1 aliphatic heterocycles. The Bertz CT molecular complexity index is 1110. The molecular formula is C23H21FN2O3. The topological polar surface area (TPSA) is 70.5 Å². The van der Waals surface area contributed by atoms with Crippen molar-refractivity contribution in [2.45, 2.75) is 32.6 Å². The Morgan fingerprint density at radius 3 is 2.62 bits per heavy atom. The van der Waals surface area contributed by atoms with Gasteiger partial charge in [0.2, 0.25) is 5.91 Å². The number of amides is 1. The molecule has 0 saturated carbocycles. The van der Waals surface area contributed by atoms with Gasteiger partial charge in [0.05, 0.1) is 11.3 Å². The van der Waals surface area contributed by atoms with E-state index in [1.165, 1.54) is 12.1 Å². The van der Waals surface area contributed by atoms with Crippen molar-refractivity contribution in [3.05, 3.63) is 65.1 Å². The van der Waals surface area contributed by atoms with Crippen molar-refractivity contribution in [3.8, 4) is 5.75 Å². The summed E-state index contributed by atoms with van der Waals surface area (Å²) >= 11 is 0. The summed E-state index contributed by atoms with van der Waals surface area (Å²) in [7, 11) is 0. The Labute approximate surface area is 167 Å².